The molecule has 0 unspecified atom stereocenters. The third kappa shape index (κ3) is 3.89. The van der Waals surface area contributed by atoms with E-state index in [9.17, 15) is 0 Å². The zero-order valence-electron chi connectivity index (χ0n) is 13.8. The van der Waals surface area contributed by atoms with Crippen LogP contribution in [0, 0.1) is 5.92 Å². The maximum absolute atomic E-state index is 5.36. The number of hydrogen-bond acceptors (Lipinski definition) is 4. The second kappa shape index (κ2) is 7.14. The molecule has 1 N–H and O–H groups in total. The fourth-order valence-corrected chi connectivity index (χ4v) is 3.07. The van der Waals surface area contributed by atoms with Crippen molar-refractivity contribution in [3.8, 4) is 11.5 Å². The van der Waals surface area contributed by atoms with E-state index in [1.807, 2.05) is 6.07 Å². The lowest BCUT2D eigenvalue weighted by Crippen LogP contribution is -2.50. The van der Waals surface area contributed by atoms with E-state index in [4.69, 9.17) is 9.47 Å². The van der Waals surface area contributed by atoms with Crippen LogP contribution < -0.4 is 14.8 Å². The molecule has 0 radical (unpaired) electrons. The van der Waals surface area contributed by atoms with Gasteiger partial charge in [0.25, 0.3) is 0 Å². The first-order chi connectivity index (χ1) is 10.0. The molecule has 4 heteroatoms. The van der Waals surface area contributed by atoms with Crippen molar-refractivity contribution in [1.82, 2.24) is 10.2 Å². The lowest BCUT2D eigenvalue weighted by atomic mass is 9.89. The van der Waals surface area contributed by atoms with E-state index in [1.165, 1.54) is 12.0 Å². The van der Waals surface area contributed by atoms with Crippen molar-refractivity contribution >= 4 is 0 Å². The van der Waals surface area contributed by atoms with E-state index >= 15 is 0 Å². The summed E-state index contributed by atoms with van der Waals surface area (Å²) in [5.41, 5.74) is 1.23. The minimum atomic E-state index is 0.573. The lowest BCUT2D eigenvalue weighted by Gasteiger charge is -2.40. The largest absolute Gasteiger partial charge is 0.493 e. The van der Waals surface area contributed by atoms with Crippen LogP contribution in [0.1, 0.15) is 25.8 Å². The number of rotatable bonds is 5. The number of likely N-dealkylation sites (tertiary alicyclic amines) is 1. The number of hydrogen-bond donors (Lipinski definition) is 1. The Morgan fingerprint density at radius 3 is 2.57 bits per heavy atom. The van der Waals surface area contributed by atoms with Crippen LogP contribution in [-0.2, 0) is 6.54 Å². The highest BCUT2D eigenvalue weighted by Gasteiger charge is 2.28. The van der Waals surface area contributed by atoms with Gasteiger partial charge in [0.15, 0.2) is 11.5 Å². The predicted octanol–water partition coefficient (Wildman–Crippen LogP) is 2.52. The monoisotopic (exact) mass is 292 g/mol. The van der Waals surface area contributed by atoms with Gasteiger partial charge < -0.3 is 19.7 Å². The highest BCUT2D eigenvalue weighted by molar-refractivity contribution is 5.42. The second-order valence-corrected chi connectivity index (χ2v) is 6.18. The molecule has 4 nitrogen and oxygen atoms in total. The Kier molecular flexibility index (Phi) is 5.48. The SMILES string of the molecule is COc1ccc(CN[C@@H]2C[C@H](C)N(C)C[C@@H]2C)cc1OC. The number of piperidine rings is 1. The number of nitrogens with zero attached hydrogens (tertiary/aromatic N) is 1. The molecule has 0 saturated carbocycles. The molecule has 0 spiro atoms. The van der Waals surface area contributed by atoms with Crippen LogP contribution in [0.4, 0.5) is 0 Å². The molecule has 1 fully saturated rings. The molecule has 1 heterocycles. The summed E-state index contributed by atoms with van der Waals surface area (Å²) in [4.78, 5) is 2.44. The fourth-order valence-electron chi connectivity index (χ4n) is 3.07. The highest BCUT2D eigenvalue weighted by Crippen LogP contribution is 2.28. The van der Waals surface area contributed by atoms with Gasteiger partial charge in [-0.1, -0.05) is 13.0 Å². The average Bonchev–Trinajstić information content (AvgIpc) is 2.49. The Morgan fingerprint density at radius 1 is 1.19 bits per heavy atom. The molecule has 1 saturated heterocycles. The molecule has 0 bridgehead atoms. The van der Waals surface area contributed by atoms with E-state index in [0.29, 0.717) is 18.0 Å². The van der Waals surface area contributed by atoms with Crippen LogP contribution in [0.3, 0.4) is 0 Å². The molecule has 21 heavy (non-hydrogen) atoms. The van der Waals surface area contributed by atoms with Crippen molar-refractivity contribution in [2.24, 2.45) is 5.92 Å². The van der Waals surface area contributed by atoms with Crippen molar-refractivity contribution in [3.63, 3.8) is 0 Å². The minimum Gasteiger partial charge on any atom is -0.493 e. The molecular weight excluding hydrogens is 264 g/mol. The summed E-state index contributed by atoms with van der Waals surface area (Å²) >= 11 is 0. The number of benzene rings is 1. The van der Waals surface area contributed by atoms with Gasteiger partial charge in [-0.2, -0.15) is 0 Å². The van der Waals surface area contributed by atoms with Gasteiger partial charge in [0, 0.05) is 25.2 Å². The van der Waals surface area contributed by atoms with Gasteiger partial charge in [-0.15, -0.1) is 0 Å². The van der Waals surface area contributed by atoms with Crippen molar-refractivity contribution in [2.45, 2.75) is 38.9 Å². The van der Waals surface area contributed by atoms with Gasteiger partial charge in [0.05, 0.1) is 14.2 Å². The summed E-state index contributed by atoms with van der Waals surface area (Å²) in [6, 6.07) is 7.33. The Bertz CT molecular complexity index is 464. The Balaban J connectivity index is 1.96. The zero-order valence-corrected chi connectivity index (χ0v) is 13.8. The number of nitrogens with one attached hydrogen (secondary N) is 1. The third-order valence-electron chi connectivity index (χ3n) is 4.63. The molecule has 2 rings (SSSR count). The van der Waals surface area contributed by atoms with E-state index in [2.05, 4.69) is 43.2 Å². The maximum Gasteiger partial charge on any atom is 0.161 e. The second-order valence-electron chi connectivity index (χ2n) is 6.18. The molecular formula is C17H28N2O2. The van der Waals surface area contributed by atoms with Gasteiger partial charge in [0.2, 0.25) is 0 Å². The topological polar surface area (TPSA) is 33.7 Å². The zero-order chi connectivity index (χ0) is 15.4. The summed E-state index contributed by atoms with van der Waals surface area (Å²) in [6.45, 7) is 6.65. The predicted molar refractivity (Wildman–Crippen MR) is 86.0 cm³/mol. The molecule has 1 aromatic carbocycles. The van der Waals surface area contributed by atoms with Crippen LogP contribution >= 0.6 is 0 Å². The standard InChI is InChI=1S/C17H28N2O2/c1-12-11-19(3)13(2)8-15(12)18-10-14-6-7-16(20-4)17(9-14)21-5/h6-7,9,12-13,15,18H,8,10-11H2,1-5H3/t12-,13-,15+/m0/s1. The molecule has 118 valence electrons. The summed E-state index contributed by atoms with van der Waals surface area (Å²) in [5, 5.41) is 3.70. The molecule has 0 amide bonds. The Morgan fingerprint density at radius 2 is 1.90 bits per heavy atom. The van der Waals surface area contributed by atoms with Gasteiger partial charge in [-0.05, 0) is 44.0 Å². The summed E-state index contributed by atoms with van der Waals surface area (Å²) in [5.74, 6) is 2.25. The van der Waals surface area contributed by atoms with E-state index < -0.39 is 0 Å². The van der Waals surface area contributed by atoms with Crippen LogP contribution in [0.5, 0.6) is 11.5 Å². The normalized spacial score (nSPS) is 26.6. The van der Waals surface area contributed by atoms with Crippen LogP contribution in [0.15, 0.2) is 18.2 Å². The molecule has 1 aromatic rings. The first-order valence-corrected chi connectivity index (χ1v) is 7.69. The van der Waals surface area contributed by atoms with E-state index in [-0.39, 0.29) is 0 Å². The van der Waals surface area contributed by atoms with E-state index in [0.717, 1.165) is 24.6 Å². The van der Waals surface area contributed by atoms with Gasteiger partial charge in [-0.3, -0.25) is 0 Å². The van der Waals surface area contributed by atoms with E-state index in [1.54, 1.807) is 14.2 Å². The Hall–Kier alpha value is -1.26. The van der Waals surface area contributed by atoms with Crippen LogP contribution in [0.25, 0.3) is 0 Å². The lowest BCUT2D eigenvalue weighted by molar-refractivity contribution is 0.121. The quantitative estimate of drug-likeness (QED) is 0.904. The number of ether oxygens (including phenoxy) is 2. The van der Waals surface area contributed by atoms with Crippen LogP contribution in [0.2, 0.25) is 0 Å². The smallest absolute Gasteiger partial charge is 0.161 e. The molecule has 0 aliphatic carbocycles. The van der Waals surface area contributed by atoms with Gasteiger partial charge in [0.1, 0.15) is 0 Å². The average molecular weight is 292 g/mol. The van der Waals surface area contributed by atoms with Crippen molar-refractivity contribution in [3.05, 3.63) is 23.8 Å². The Labute approximate surface area is 128 Å². The first kappa shape index (κ1) is 16.1. The first-order valence-electron chi connectivity index (χ1n) is 7.69. The van der Waals surface area contributed by atoms with Crippen LogP contribution in [-0.4, -0.2) is 44.8 Å². The number of methoxy groups -OCH3 is 2. The van der Waals surface area contributed by atoms with Crippen molar-refractivity contribution < 1.29 is 9.47 Å². The molecule has 3 atom stereocenters. The molecule has 0 aromatic heterocycles. The van der Waals surface area contributed by atoms with Crippen molar-refractivity contribution in [1.29, 1.82) is 0 Å². The molecule has 1 aliphatic heterocycles. The highest BCUT2D eigenvalue weighted by atomic mass is 16.5. The minimum absolute atomic E-state index is 0.573. The third-order valence-corrected chi connectivity index (χ3v) is 4.63. The maximum atomic E-state index is 5.36. The van der Waals surface area contributed by atoms with Gasteiger partial charge >= 0.3 is 0 Å². The fraction of sp³-hybridized carbons (Fsp3) is 0.647. The molecule has 1 aliphatic rings. The van der Waals surface area contributed by atoms with Crippen molar-refractivity contribution in [2.75, 3.05) is 27.8 Å². The summed E-state index contributed by atoms with van der Waals surface area (Å²) < 4.78 is 10.6. The summed E-state index contributed by atoms with van der Waals surface area (Å²) in [7, 11) is 5.55. The summed E-state index contributed by atoms with van der Waals surface area (Å²) in [6.07, 6.45) is 1.20. The van der Waals surface area contributed by atoms with Gasteiger partial charge in [-0.25, -0.2) is 0 Å².